The molecule has 0 spiro atoms. The van der Waals surface area contributed by atoms with Gasteiger partial charge in [0.2, 0.25) is 0 Å². The van der Waals surface area contributed by atoms with E-state index < -0.39 is 27.6 Å². The van der Waals surface area contributed by atoms with Crippen LogP contribution < -0.4 is 0 Å². The lowest BCUT2D eigenvalue weighted by Gasteiger charge is -2.41. The molecule has 1 fully saturated rings. The van der Waals surface area contributed by atoms with E-state index in [1.54, 1.807) is 4.90 Å². The maximum atomic E-state index is 13.0. The number of nitrogens with zero attached hydrogens (tertiary/aromatic N) is 2. The van der Waals surface area contributed by atoms with Crippen molar-refractivity contribution < 1.29 is 17.9 Å². The van der Waals surface area contributed by atoms with Crippen LogP contribution in [0.15, 0.2) is 30.3 Å². The van der Waals surface area contributed by atoms with Crippen LogP contribution in [0.5, 0.6) is 0 Å². The van der Waals surface area contributed by atoms with Crippen molar-refractivity contribution in [1.82, 2.24) is 9.80 Å². The number of benzene rings is 1. The van der Waals surface area contributed by atoms with E-state index in [-0.39, 0.29) is 17.5 Å². The molecule has 1 aromatic rings. The summed E-state index contributed by atoms with van der Waals surface area (Å²) in [6, 6.07) is 9.15. The van der Waals surface area contributed by atoms with Crippen LogP contribution >= 0.6 is 0 Å². The van der Waals surface area contributed by atoms with Gasteiger partial charge in [-0.25, -0.2) is 13.2 Å². The summed E-state index contributed by atoms with van der Waals surface area (Å²) in [5.74, 6) is 0.134. The molecular weight excluding hydrogens is 376 g/mol. The Morgan fingerprint density at radius 2 is 1.64 bits per heavy atom. The maximum absolute atomic E-state index is 13.0. The van der Waals surface area contributed by atoms with Crippen molar-refractivity contribution in [3.8, 4) is 0 Å². The van der Waals surface area contributed by atoms with Gasteiger partial charge in [0.15, 0.2) is 9.84 Å². The van der Waals surface area contributed by atoms with Gasteiger partial charge in [0.1, 0.15) is 5.60 Å². The van der Waals surface area contributed by atoms with E-state index in [9.17, 15) is 13.2 Å². The lowest BCUT2D eigenvalue weighted by Crippen LogP contribution is -2.55. The van der Waals surface area contributed by atoms with Crippen molar-refractivity contribution in [2.24, 2.45) is 0 Å². The minimum absolute atomic E-state index is 0.0170. The number of ether oxygens (including phenoxy) is 1. The van der Waals surface area contributed by atoms with E-state index in [0.717, 1.165) is 18.7 Å². The number of sulfone groups is 1. The highest BCUT2D eigenvalue weighted by Crippen LogP contribution is 2.25. The second kappa shape index (κ2) is 9.27. The topological polar surface area (TPSA) is 66.9 Å². The first-order valence-corrected chi connectivity index (χ1v) is 11.8. The molecule has 0 aromatic heterocycles. The summed E-state index contributed by atoms with van der Waals surface area (Å²) in [7, 11) is -3.25. The normalized spacial score (nSPS) is 22.1. The first kappa shape index (κ1) is 22.7. The monoisotopic (exact) mass is 410 g/mol. The fraction of sp³-hybridized carbons (Fsp3) is 0.667. The zero-order valence-electron chi connectivity index (χ0n) is 17.7. The molecule has 1 saturated heterocycles. The summed E-state index contributed by atoms with van der Waals surface area (Å²) >= 11 is 0. The molecule has 28 heavy (non-hydrogen) atoms. The Labute approximate surface area is 169 Å². The minimum Gasteiger partial charge on any atom is -0.444 e. The molecule has 158 valence electrons. The lowest BCUT2D eigenvalue weighted by atomic mass is 10.0. The molecule has 1 heterocycles. The van der Waals surface area contributed by atoms with Crippen LogP contribution in [0.25, 0.3) is 0 Å². The van der Waals surface area contributed by atoms with Crippen molar-refractivity contribution in [1.29, 1.82) is 0 Å². The van der Waals surface area contributed by atoms with Gasteiger partial charge in [0.25, 0.3) is 0 Å². The van der Waals surface area contributed by atoms with Crippen LogP contribution in [0, 0.1) is 0 Å². The van der Waals surface area contributed by atoms with Crippen LogP contribution in [0.2, 0.25) is 0 Å². The minimum atomic E-state index is -3.25. The number of carbonyl (C=O) groups excluding carboxylic acids is 1. The zero-order chi connectivity index (χ0) is 20.9. The molecule has 2 unspecified atom stereocenters. The summed E-state index contributed by atoms with van der Waals surface area (Å²) in [4.78, 5) is 16.8. The Bertz CT molecular complexity index is 739. The molecule has 7 heteroatoms. The van der Waals surface area contributed by atoms with Gasteiger partial charge in [-0.15, -0.1) is 0 Å². The van der Waals surface area contributed by atoms with E-state index >= 15 is 0 Å². The Balaban J connectivity index is 2.32. The summed E-state index contributed by atoms with van der Waals surface area (Å²) in [6.45, 7) is 11.4. The van der Waals surface area contributed by atoms with Crippen molar-refractivity contribution in [3.05, 3.63) is 35.9 Å². The molecule has 1 aromatic carbocycles. The quantitative estimate of drug-likeness (QED) is 0.720. The molecular formula is C21H34N2O4S. The highest BCUT2D eigenvalue weighted by molar-refractivity contribution is 7.91. The predicted molar refractivity (Wildman–Crippen MR) is 112 cm³/mol. The summed E-state index contributed by atoms with van der Waals surface area (Å²) in [5.41, 5.74) is 0.313. The second-order valence-corrected chi connectivity index (χ2v) is 10.6. The molecule has 0 aliphatic carbocycles. The smallest absolute Gasteiger partial charge is 0.410 e. The Hall–Kier alpha value is -1.60. The van der Waals surface area contributed by atoms with Gasteiger partial charge < -0.3 is 4.74 Å². The van der Waals surface area contributed by atoms with Gasteiger partial charge in [-0.05, 0) is 45.8 Å². The summed E-state index contributed by atoms with van der Waals surface area (Å²) in [6.07, 6.45) is 0.171. The first-order valence-electron chi connectivity index (χ1n) is 10.0. The van der Waals surface area contributed by atoms with Crippen LogP contribution in [-0.4, -0.2) is 66.6 Å². The zero-order valence-corrected chi connectivity index (χ0v) is 18.5. The number of amides is 1. The molecule has 0 saturated carbocycles. The van der Waals surface area contributed by atoms with Gasteiger partial charge in [-0.3, -0.25) is 9.80 Å². The molecule has 0 N–H and O–H groups in total. The molecule has 1 amide bonds. The van der Waals surface area contributed by atoms with Gasteiger partial charge in [-0.1, -0.05) is 44.2 Å². The molecule has 2 rings (SSSR count). The number of carbonyl (C=O) groups is 1. The fourth-order valence-corrected chi connectivity index (χ4v) is 5.73. The third-order valence-corrected chi connectivity index (χ3v) is 6.82. The number of hydrogen-bond donors (Lipinski definition) is 0. The van der Waals surface area contributed by atoms with E-state index in [2.05, 4.69) is 4.90 Å². The third kappa shape index (κ3) is 6.48. The average Bonchev–Trinajstić information content (AvgIpc) is 2.58. The summed E-state index contributed by atoms with van der Waals surface area (Å²) in [5, 5.41) is 0. The largest absolute Gasteiger partial charge is 0.444 e. The van der Waals surface area contributed by atoms with E-state index in [1.807, 2.05) is 65.0 Å². The van der Waals surface area contributed by atoms with Gasteiger partial charge in [0.05, 0.1) is 17.5 Å². The first-order chi connectivity index (χ1) is 13.0. The number of rotatable bonds is 6. The standard InChI is InChI=1S/C21H34N2O4S/c1-6-22(7-2)18-13-19(16-28(25,26)15-18)23(20(24)27-21(3,4)5)14-17-11-9-8-10-12-17/h8-12,18-19H,6-7,13-16H2,1-5H3. The Morgan fingerprint density at radius 3 is 2.18 bits per heavy atom. The lowest BCUT2D eigenvalue weighted by molar-refractivity contribution is 0.0121. The second-order valence-electron chi connectivity index (χ2n) is 8.44. The Kier molecular flexibility index (Phi) is 7.51. The highest BCUT2D eigenvalue weighted by Gasteiger charge is 2.39. The van der Waals surface area contributed by atoms with Crippen LogP contribution in [0.1, 0.15) is 46.6 Å². The van der Waals surface area contributed by atoms with Crippen molar-refractivity contribution in [2.75, 3.05) is 24.6 Å². The fourth-order valence-electron chi connectivity index (χ4n) is 3.76. The number of hydrogen-bond acceptors (Lipinski definition) is 5. The van der Waals surface area contributed by atoms with Crippen LogP contribution in [0.3, 0.4) is 0 Å². The van der Waals surface area contributed by atoms with E-state index in [0.29, 0.717) is 13.0 Å². The Morgan fingerprint density at radius 1 is 1.07 bits per heavy atom. The van der Waals surface area contributed by atoms with Gasteiger partial charge in [0, 0.05) is 12.6 Å². The molecule has 2 atom stereocenters. The van der Waals surface area contributed by atoms with Crippen molar-refractivity contribution in [2.45, 2.75) is 65.3 Å². The molecule has 0 radical (unpaired) electrons. The van der Waals surface area contributed by atoms with Gasteiger partial charge in [-0.2, -0.15) is 0 Å². The maximum Gasteiger partial charge on any atom is 0.410 e. The average molecular weight is 411 g/mol. The van der Waals surface area contributed by atoms with Crippen molar-refractivity contribution in [3.63, 3.8) is 0 Å². The third-order valence-electron chi connectivity index (χ3n) is 5.03. The molecule has 1 aliphatic heterocycles. The molecule has 6 nitrogen and oxygen atoms in total. The van der Waals surface area contributed by atoms with E-state index in [4.69, 9.17) is 4.74 Å². The highest BCUT2D eigenvalue weighted by atomic mass is 32.2. The van der Waals surface area contributed by atoms with Crippen molar-refractivity contribution >= 4 is 15.9 Å². The van der Waals surface area contributed by atoms with Crippen LogP contribution in [0.4, 0.5) is 4.79 Å². The van der Waals surface area contributed by atoms with Gasteiger partial charge >= 0.3 is 6.09 Å². The molecule has 0 bridgehead atoms. The molecule has 1 aliphatic rings. The van der Waals surface area contributed by atoms with Crippen LogP contribution in [-0.2, 0) is 21.1 Å². The summed E-state index contributed by atoms with van der Waals surface area (Å²) < 4.78 is 31.0. The predicted octanol–water partition coefficient (Wildman–Crippen LogP) is 3.32. The van der Waals surface area contributed by atoms with E-state index in [1.165, 1.54) is 0 Å². The SMILES string of the molecule is CCN(CC)C1CC(N(Cc2ccccc2)C(=O)OC(C)(C)C)CS(=O)(=O)C1.